The monoisotopic (exact) mass is 229 g/mol. The SMILES string of the molecule is COCCSCCOCC(F)(F)CN. The molecule has 0 saturated carbocycles. The lowest BCUT2D eigenvalue weighted by molar-refractivity contribution is -0.0660. The summed E-state index contributed by atoms with van der Waals surface area (Å²) in [6.45, 7) is -0.258. The summed E-state index contributed by atoms with van der Waals surface area (Å²) in [5.41, 5.74) is 4.84. The Hall–Kier alpha value is 0.0900. The smallest absolute Gasteiger partial charge is 0.282 e. The summed E-state index contributed by atoms with van der Waals surface area (Å²) >= 11 is 1.61. The van der Waals surface area contributed by atoms with Crippen molar-refractivity contribution in [1.82, 2.24) is 0 Å². The molecule has 0 aromatic rings. The van der Waals surface area contributed by atoms with Gasteiger partial charge in [-0.05, 0) is 0 Å². The highest BCUT2D eigenvalue weighted by atomic mass is 32.2. The highest BCUT2D eigenvalue weighted by Crippen LogP contribution is 2.11. The first-order valence-electron chi connectivity index (χ1n) is 4.34. The Morgan fingerprint density at radius 1 is 1.29 bits per heavy atom. The quantitative estimate of drug-likeness (QED) is 0.599. The van der Waals surface area contributed by atoms with E-state index >= 15 is 0 Å². The molecule has 0 heterocycles. The van der Waals surface area contributed by atoms with E-state index < -0.39 is 19.1 Å². The fraction of sp³-hybridized carbons (Fsp3) is 1.00. The van der Waals surface area contributed by atoms with E-state index in [4.69, 9.17) is 15.2 Å². The molecule has 0 aliphatic heterocycles. The van der Waals surface area contributed by atoms with E-state index in [1.54, 1.807) is 18.9 Å². The van der Waals surface area contributed by atoms with Crippen LogP contribution in [0.5, 0.6) is 0 Å². The number of nitrogens with two attached hydrogens (primary N) is 1. The number of methoxy groups -OCH3 is 1. The molecular formula is C8H17F2NO2S. The van der Waals surface area contributed by atoms with Crippen LogP contribution < -0.4 is 5.73 Å². The average Bonchev–Trinajstić information content (AvgIpc) is 2.16. The predicted octanol–water partition coefficient (Wildman–Crippen LogP) is 0.977. The Morgan fingerprint density at radius 3 is 2.50 bits per heavy atom. The van der Waals surface area contributed by atoms with Crippen molar-refractivity contribution in [2.24, 2.45) is 5.73 Å². The van der Waals surface area contributed by atoms with Crippen LogP contribution >= 0.6 is 11.8 Å². The van der Waals surface area contributed by atoms with Gasteiger partial charge in [0, 0.05) is 18.6 Å². The fourth-order valence-corrected chi connectivity index (χ4v) is 1.37. The molecule has 14 heavy (non-hydrogen) atoms. The van der Waals surface area contributed by atoms with E-state index in [0.29, 0.717) is 19.0 Å². The molecule has 0 bridgehead atoms. The summed E-state index contributed by atoms with van der Waals surface area (Å²) in [4.78, 5) is 0. The van der Waals surface area contributed by atoms with Gasteiger partial charge in [-0.1, -0.05) is 0 Å². The number of hydrogen-bond donors (Lipinski definition) is 1. The van der Waals surface area contributed by atoms with Gasteiger partial charge in [0.2, 0.25) is 0 Å². The second-order valence-electron chi connectivity index (χ2n) is 2.72. The van der Waals surface area contributed by atoms with Crippen LogP contribution in [-0.4, -0.2) is 50.9 Å². The van der Waals surface area contributed by atoms with E-state index in [0.717, 1.165) is 5.75 Å². The molecule has 0 spiro atoms. The van der Waals surface area contributed by atoms with Crippen molar-refractivity contribution in [1.29, 1.82) is 0 Å². The third-order valence-corrected chi connectivity index (χ3v) is 2.33. The normalized spacial score (nSPS) is 12.0. The first kappa shape index (κ1) is 14.1. The van der Waals surface area contributed by atoms with Gasteiger partial charge in [0.05, 0.1) is 19.8 Å². The maximum absolute atomic E-state index is 12.5. The molecule has 6 heteroatoms. The van der Waals surface area contributed by atoms with E-state index in [-0.39, 0.29) is 0 Å². The molecule has 0 fully saturated rings. The maximum atomic E-state index is 12.5. The zero-order valence-electron chi connectivity index (χ0n) is 8.30. The van der Waals surface area contributed by atoms with Crippen LogP contribution in [0.4, 0.5) is 8.78 Å². The van der Waals surface area contributed by atoms with Crippen LogP contribution in [0.1, 0.15) is 0 Å². The molecule has 0 aromatic heterocycles. The van der Waals surface area contributed by atoms with Gasteiger partial charge in [0.15, 0.2) is 0 Å². The van der Waals surface area contributed by atoms with Crippen LogP contribution in [0, 0.1) is 0 Å². The minimum Gasteiger partial charge on any atom is -0.384 e. The first-order chi connectivity index (χ1) is 6.62. The molecule has 0 unspecified atom stereocenters. The van der Waals surface area contributed by atoms with Gasteiger partial charge in [0.25, 0.3) is 5.92 Å². The van der Waals surface area contributed by atoms with Crippen LogP contribution in [0.25, 0.3) is 0 Å². The Morgan fingerprint density at radius 2 is 1.93 bits per heavy atom. The lowest BCUT2D eigenvalue weighted by atomic mass is 10.4. The van der Waals surface area contributed by atoms with E-state index in [9.17, 15) is 8.78 Å². The van der Waals surface area contributed by atoms with Crippen molar-refractivity contribution >= 4 is 11.8 Å². The number of halogens is 2. The molecule has 0 amide bonds. The van der Waals surface area contributed by atoms with Crippen molar-refractivity contribution in [3.05, 3.63) is 0 Å². The summed E-state index contributed by atoms with van der Waals surface area (Å²) < 4.78 is 34.6. The van der Waals surface area contributed by atoms with Crippen LogP contribution in [0.3, 0.4) is 0 Å². The van der Waals surface area contributed by atoms with Gasteiger partial charge < -0.3 is 15.2 Å². The Kier molecular flexibility index (Phi) is 8.46. The average molecular weight is 229 g/mol. The minimum absolute atomic E-state index is 0.323. The maximum Gasteiger partial charge on any atom is 0.282 e. The molecule has 0 saturated heterocycles. The van der Waals surface area contributed by atoms with E-state index in [2.05, 4.69) is 0 Å². The molecule has 2 N–H and O–H groups in total. The zero-order chi connectivity index (χ0) is 10.9. The third kappa shape index (κ3) is 8.68. The van der Waals surface area contributed by atoms with Gasteiger partial charge in [-0.2, -0.15) is 11.8 Å². The number of hydrogen-bond acceptors (Lipinski definition) is 4. The summed E-state index contributed by atoms with van der Waals surface area (Å²) in [6, 6.07) is 0. The second kappa shape index (κ2) is 8.40. The molecule has 0 aromatic carbocycles. The second-order valence-corrected chi connectivity index (χ2v) is 3.94. The van der Waals surface area contributed by atoms with Crippen molar-refractivity contribution in [3.63, 3.8) is 0 Å². The Balaban J connectivity index is 3.13. The first-order valence-corrected chi connectivity index (χ1v) is 5.50. The largest absolute Gasteiger partial charge is 0.384 e. The molecule has 3 nitrogen and oxygen atoms in total. The van der Waals surface area contributed by atoms with Crippen molar-refractivity contribution < 1.29 is 18.3 Å². The van der Waals surface area contributed by atoms with Crippen LogP contribution in [0.2, 0.25) is 0 Å². The minimum atomic E-state index is -2.89. The van der Waals surface area contributed by atoms with Gasteiger partial charge in [-0.3, -0.25) is 0 Å². The van der Waals surface area contributed by atoms with Crippen molar-refractivity contribution in [2.75, 3.05) is 45.0 Å². The van der Waals surface area contributed by atoms with Crippen LogP contribution in [0.15, 0.2) is 0 Å². The lowest BCUT2D eigenvalue weighted by Crippen LogP contribution is -2.33. The highest BCUT2D eigenvalue weighted by molar-refractivity contribution is 7.99. The molecule has 0 radical (unpaired) electrons. The molecule has 0 atom stereocenters. The fourth-order valence-electron chi connectivity index (χ4n) is 0.643. The predicted molar refractivity (Wildman–Crippen MR) is 54.0 cm³/mol. The third-order valence-electron chi connectivity index (χ3n) is 1.42. The number of rotatable bonds is 9. The molecule has 0 rings (SSSR count). The molecule has 0 aliphatic rings. The summed E-state index contributed by atoms with van der Waals surface area (Å²) in [7, 11) is 1.62. The topological polar surface area (TPSA) is 44.5 Å². The summed E-state index contributed by atoms with van der Waals surface area (Å²) in [5, 5.41) is 0. The van der Waals surface area contributed by atoms with Crippen LogP contribution in [-0.2, 0) is 9.47 Å². The Labute approximate surface area is 87.3 Å². The molecule has 86 valence electrons. The van der Waals surface area contributed by atoms with Crippen molar-refractivity contribution in [3.8, 4) is 0 Å². The molecular weight excluding hydrogens is 212 g/mol. The highest BCUT2D eigenvalue weighted by Gasteiger charge is 2.26. The standard InChI is InChI=1S/C8H17F2NO2S/c1-12-2-4-14-5-3-13-7-8(9,10)6-11/h2-7,11H2,1H3. The molecule has 0 aliphatic carbocycles. The zero-order valence-corrected chi connectivity index (χ0v) is 9.12. The van der Waals surface area contributed by atoms with E-state index in [1.807, 2.05) is 0 Å². The van der Waals surface area contributed by atoms with Crippen molar-refractivity contribution in [2.45, 2.75) is 5.92 Å². The Bertz CT molecular complexity index is 139. The van der Waals surface area contributed by atoms with Gasteiger partial charge in [0.1, 0.15) is 6.61 Å². The number of ether oxygens (including phenoxy) is 2. The summed E-state index contributed by atoms with van der Waals surface area (Å²) in [5.74, 6) is -1.34. The lowest BCUT2D eigenvalue weighted by Gasteiger charge is -2.13. The number of thioether (sulfide) groups is 1. The van der Waals surface area contributed by atoms with Gasteiger partial charge in [-0.25, -0.2) is 8.78 Å². The van der Waals surface area contributed by atoms with Gasteiger partial charge >= 0.3 is 0 Å². The van der Waals surface area contributed by atoms with E-state index in [1.165, 1.54) is 0 Å². The van der Waals surface area contributed by atoms with Gasteiger partial charge in [-0.15, -0.1) is 0 Å². The number of alkyl halides is 2. The summed E-state index contributed by atoms with van der Waals surface area (Å²) in [6.07, 6.45) is 0.